The van der Waals surface area contributed by atoms with Gasteiger partial charge in [-0.1, -0.05) is 11.6 Å². The number of alkyl halides is 2. The molecule has 0 aliphatic rings. The van der Waals surface area contributed by atoms with Gasteiger partial charge in [0.1, 0.15) is 0 Å². The molecule has 0 unspecified atom stereocenters. The third-order valence-electron chi connectivity index (χ3n) is 1.94. The number of aromatic nitrogens is 1. The molecule has 0 saturated carbocycles. The minimum Gasteiger partial charge on any atom is -0.481 e. The van der Waals surface area contributed by atoms with Crippen molar-refractivity contribution in [3.8, 4) is 0 Å². The molecular formula is C9H8ClF2NO2. The topological polar surface area (TPSA) is 50.2 Å². The predicted molar refractivity (Wildman–Crippen MR) is 50.3 cm³/mol. The molecule has 0 aliphatic carbocycles. The molecule has 0 radical (unpaired) electrons. The molecule has 1 heterocycles. The van der Waals surface area contributed by atoms with E-state index >= 15 is 0 Å². The quantitative estimate of drug-likeness (QED) is 0.876. The summed E-state index contributed by atoms with van der Waals surface area (Å²) >= 11 is 5.54. The first-order valence-electron chi connectivity index (χ1n) is 4.07. The highest BCUT2D eigenvalue weighted by Crippen LogP contribution is 2.31. The van der Waals surface area contributed by atoms with Crippen LogP contribution in [-0.4, -0.2) is 16.1 Å². The lowest BCUT2D eigenvalue weighted by atomic mass is 10.0. The van der Waals surface area contributed by atoms with E-state index in [1.165, 1.54) is 6.92 Å². The van der Waals surface area contributed by atoms with Gasteiger partial charge in [0.15, 0.2) is 0 Å². The van der Waals surface area contributed by atoms with Crippen LogP contribution in [0.2, 0.25) is 5.02 Å². The van der Waals surface area contributed by atoms with Crippen LogP contribution in [0, 0.1) is 6.92 Å². The Hall–Kier alpha value is -1.23. The molecule has 1 aromatic heterocycles. The van der Waals surface area contributed by atoms with E-state index in [0.717, 1.165) is 6.20 Å². The van der Waals surface area contributed by atoms with E-state index in [2.05, 4.69) is 4.98 Å². The molecule has 1 rings (SSSR count). The molecule has 6 heteroatoms. The van der Waals surface area contributed by atoms with Gasteiger partial charge in [-0.25, -0.2) is 8.78 Å². The van der Waals surface area contributed by atoms with Gasteiger partial charge in [0.05, 0.1) is 11.4 Å². The maximum atomic E-state index is 12.6. The monoisotopic (exact) mass is 235 g/mol. The van der Waals surface area contributed by atoms with Gasteiger partial charge in [0, 0.05) is 17.5 Å². The maximum Gasteiger partial charge on any atom is 0.307 e. The lowest BCUT2D eigenvalue weighted by molar-refractivity contribution is -0.136. The lowest BCUT2D eigenvalue weighted by Crippen LogP contribution is -2.08. The van der Waals surface area contributed by atoms with Gasteiger partial charge in [0.25, 0.3) is 6.43 Å². The van der Waals surface area contributed by atoms with Gasteiger partial charge in [-0.05, 0) is 12.5 Å². The standard InChI is InChI=1S/C9H8ClF2NO2/c1-4-5(2-7(14)15)8(9(11)12)6(10)3-13-4/h3,9H,2H2,1H3,(H,14,15). The summed E-state index contributed by atoms with van der Waals surface area (Å²) < 4.78 is 25.2. The number of carboxylic acids is 1. The molecule has 0 spiro atoms. The molecule has 1 N–H and O–H groups in total. The number of aryl methyl sites for hydroxylation is 1. The Morgan fingerprint density at radius 2 is 2.27 bits per heavy atom. The highest BCUT2D eigenvalue weighted by Gasteiger charge is 2.21. The van der Waals surface area contributed by atoms with E-state index in [-0.39, 0.29) is 16.3 Å². The summed E-state index contributed by atoms with van der Waals surface area (Å²) in [5.74, 6) is -1.19. The second kappa shape index (κ2) is 4.53. The summed E-state index contributed by atoms with van der Waals surface area (Å²) in [6.45, 7) is 1.47. The Bertz CT molecular complexity index is 396. The van der Waals surface area contributed by atoms with Crippen molar-refractivity contribution in [3.63, 3.8) is 0 Å². The minimum absolute atomic E-state index is 0.00926. The fraction of sp³-hybridized carbons (Fsp3) is 0.333. The zero-order chi connectivity index (χ0) is 11.6. The number of nitrogens with zero attached hydrogens (tertiary/aromatic N) is 1. The van der Waals surface area contributed by atoms with Crippen LogP contribution in [0.4, 0.5) is 8.78 Å². The Morgan fingerprint density at radius 3 is 2.73 bits per heavy atom. The van der Waals surface area contributed by atoms with Crippen molar-refractivity contribution in [1.29, 1.82) is 0 Å². The first-order chi connectivity index (χ1) is 6.93. The van der Waals surface area contributed by atoms with Gasteiger partial charge < -0.3 is 5.11 Å². The van der Waals surface area contributed by atoms with Crippen molar-refractivity contribution >= 4 is 17.6 Å². The summed E-state index contributed by atoms with van der Waals surface area (Å²) in [7, 11) is 0. The molecule has 0 amide bonds. The number of hydrogen-bond donors (Lipinski definition) is 1. The maximum absolute atomic E-state index is 12.6. The smallest absolute Gasteiger partial charge is 0.307 e. The summed E-state index contributed by atoms with van der Waals surface area (Å²) in [6, 6.07) is 0. The van der Waals surface area contributed by atoms with Crippen molar-refractivity contribution in [2.24, 2.45) is 0 Å². The molecule has 0 aliphatic heterocycles. The van der Waals surface area contributed by atoms with E-state index in [4.69, 9.17) is 16.7 Å². The molecule has 0 aromatic carbocycles. The SMILES string of the molecule is Cc1ncc(Cl)c(C(F)F)c1CC(=O)O. The third-order valence-corrected chi connectivity index (χ3v) is 2.24. The third kappa shape index (κ3) is 2.62. The lowest BCUT2D eigenvalue weighted by Gasteiger charge is -2.11. The van der Waals surface area contributed by atoms with Crippen LogP contribution < -0.4 is 0 Å². The van der Waals surface area contributed by atoms with Crippen LogP contribution in [-0.2, 0) is 11.2 Å². The van der Waals surface area contributed by atoms with Crippen molar-refractivity contribution < 1.29 is 18.7 Å². The fourth-order valence-corrected chi connectivity index (χ4v) is 1.50. The Morgan fingerprint density at radius 1 is 1.67 bits per heavy atom. The molecule has 1 aromatic rings. The highest BCUT2D eigenvalue weighted by molar-refractivity contribution is 6.31. The molecule has 3 nitrogen and oxygen atoms in total. The largest absolute Gasteiger partial charge is 0.481 e. The van der Waals surface area contributed by atoms with Gasteiger partial charge in [-0.15, -0.1) is 0 Å². The molecular weight excluding hydrogens is 228 g/mol. The van der Waals surface area contributed by atoms with E-state index < -0.39 is 24.4 Å². The zero-order valence-electron chi connectivity index (χ0n) is 7.80. The number of rotatable bonds is 3. The molecule has 15 heavy (non-hydrogen) atoms. The van der Waals surface area contributed by atoms with Crippen molar-refractivity contribution in [3.05, 3.63) is 28.0 Å². The average molecular weight is 236 g/mol. The van der Waals surface area contributed by atoms with Crippen molar-refractivity contribution in [2.45, 2.75) is 19.8 Å². The van der Waals surface area contributed by atoms with Crippen LogP contribution in [0.5, 0.6) is 0 Å². The second-order valence-corrected chi connectivity index (χ2v) is 3.36. The summed E-state index contributed by atoms with van der Waals surface area (Å²) in [5, 5.41) is 8.37. The molecule has 0 atom stereocenters. The number of carbonyl (C=O) groups is 1. The van der Waals surface area contributed by atoms with Gasteiger partial charge in [0.2, 0.25) is 0 Å². The van der Waals surface area contributed by atoms with Crippen LogP contribution in [0.3, 0.4) is 0 Å². The Labute approximate surface area is 89.7 Å². The van der Waals surface area contributed by atoms with Gasteiger partial charge >= 0.3 is 5.97 Å². The van der Waals surface area contributed by atoms with E-state index in [9.17, 15) is 13.6 Å². The number of hydrogen-bond acceptors (Lipinski definition) is 2. The number of halogens is 3. The summed E-state index contributed by atoms with van der Waals surface area (Å²) in [6.07, 6.45) is -2.20. The zero-order valence-corrected chi connectivity index (χ0v) is 8.55. The van der Waals surface area contributed by atoms with Gasteiger partial charge in [-0.3, -0.25) is 9.78 Å². The molecule has 0 fully saturated rings. The van der Waals surface area contributed by atoms with Crippen LogP contribution >= 0.6 is 11.6 Å². The van der Waals surface area contributed by atoms with Crippen molar-refractivity contribution in [1.82, 2.24) is 4.98 Å². The molecule has 0 bridgehead atoms. The van der Waals surface area contributed by atoms with E-state index in [1.54, 1.807) is 0 Å². The normalized spacial score (nSPS) is 10.7. The van der Waals surface area contributed by atoms with Gasteiger partial charge in [-0.2, -0.15) is 0 Å². The first kappa shape index (κ1) is 11.8. The summed E-state index contributed by atoms with van der Waals surface area (Å²) in [5.41, 5.74) is -0.186. The summed E-state index contributed by atoms with van der Waals surface area (Å²) in [4.78, 5) is 14.2. The van der Waals surface area contributed by atoms with Crippen LogP contribution in [0.15, 0.2) is 6.20 Å². The first-order valence-corrected chi connectivity index (χ1v) is 4.45. The second-order valence-electron chi connectivity index (χ2n) is 2.95. The fourth-order valence-electron chi connectivity index (χ4n) is 1.25. The molecule has 82 valence electrons. The average Bonchev–Trinajstić information content (AvgIpc) is 2.10. The van der Waals surface area contributed by atoms with E-state index in [0.29, 0.717) is 0 Å². The van der Waals surface area contributed by atoms with E-state index in [1.807, 2.05) is 0 Å². The minimum atomic E-state index is -2.80. The van der Waals surface area contributed by atoms with Crippen LogP contribution in [0.1, 0.15) is 23.2 Å². The Balaban J connectivity index is 3.31. The van der Waals surface area contributed by atoms with Crippen LogP contribution in [0.25, 0.3) is 0 Å². The number of pyridine rings is 1. The molecule has 0 saturated heterocycles. The Kier molecular flexibility index (Phi) is 3.57. The number of aliphatic carboxylic acids is 1. The number of carboxylic acid groups (broad SMARTS) is 1. The predicted octanol–water partition coefficient (Wildman–Crippen LogP) is 2.61. The highest BCUT2D eigenvalue weighted by atomic mass is 35.5. The van der Waals surface area contributed by atoms with Crippen molar-refractivity contribution in [2.75, 3.05) is 0 Å².